The van der Waals surface area contributed by atoms with Gasteiger partial charge in [0.2, 0.25) is 5.82 Å². The van der Waals surface area contributed by atoms with Crippen LogP contribution >= 0.6 is 0 Å². The average Bonchev–Trinajstić information content (AvgIpc) is 3.26. The third-order valence-corrected chi connectivity index (χ3v) is 5.63. The van der Waals surface area contributed by atoms with Gasteiger partial charge in [-0.3, -0.25) is 9.36 Å². The number of benzene rings is 3. The number of fused-ring (bicyclic) bond motifs is 1. The second kappa shape index (κ2) is 7.36. The molecule has 3 aromatic carbocycles. The molecule has 5 nitrogen and oxygen atoms in total. The summed E-state index contributed by atoms with van der Waals surface area (Å²) in [4.78, 5) is 17.9. The lowest BCUT2D eigenvalue weighted by molar-refractivity contribution is 0.432. The van der Waals surface area contributed by atoms with Crippen LogP contribution in [0.5, 0.6) is 0 Å². The van der Waals surface area contributed by atoms with Gasteiger partial charge in [-0.15, -0.1) is 0 Å². The van der Waals surface area contributed by atoms with Crippen LogP contribution in [0, 0.1) is 20.8 Å². The van der Waals surface area contributed by atoms with Crippen molar-refractivity contribution in [2.45, 2.75) is 20.8 Å². The lowest BCUT2D eigenvalue weighted by Crippen LogP contribution is -2.18. The standard InChI is InChI=1S/C26H21N3O2/c1-16-7-6-8-19(13-16)24-27-25(31-28-24)23-15-29(20-12-11-17(2)18(3)14-20)26(30)22-10-5-4-9-21(22)23/h4-15H,1-3H3. The molecule has 0 saturated heterocycles. The van der Waals surface area contributed by atoms with Gasteiger partial charge in [0.15, 0.2) is 0 Å². The van der Waals surface area contributed by atoms with Gasteiger partial charge in [-0.2, -0.15) is 4.98 Å². The second-order valence-corrected chi connectivity index (χ2v) is 7.82. The summed E-state index contributed by atoms with van der Waals surface area (Å²) in [6, 6.07) is 21.5. The van der Waals surface area contributed by atoms with E-state index in [1.165, 1.54) is 5.56 Å². The molecule has 0 fully saturated rings. The summed E-state index contributed by atoms with van der Waals surface area (Å²) in [5, 5.41) is 5.58. The first-order chi connectivity index (χ1) is 15.0. The fraction of sp³-hybridized carbons (Fsp3) is 0.115. The van der Waals surface area contributed by atoms with Gasteiger partial charge in [0.25, 0.3) is 11.4 Å². The van der Waals surface area contributed by atoms with Gasteiger partial charge in [0, 0.05) is 28.2 Å². The zero-order chi connectivity index (χ0) is 21.5. The monoisotopic (exact) mass is 407 g/mol. The molecule has 0 N–H and O–H groups in total. The van der Waals surface area contributed by atoms with Crippen LogP contribution in [0.4, 0.5) is 0 Å². The normalized spacial score (nSPS) is 11.2. The minimum atomic E-state index is -0.0824. The molecule has 0 aliphatic carbocycles. The average molecular weight is 407 g/mol. The molecular formula is C26H21N3O2. The molecule has 0 atom stereocenters. The number of aryl methyl sites for hydroxylation is 3. The lowest BCUT2D eigenvalue weighted by atomic mass is 10.1. The van der Waals surface area contributed by atoms with Gasteiger partial charge in [0.1, 0.15) is 0 Å². The van der Waals surface area contributed by atoms with Crippen LogP contribution in [-0.2, 0) is 0 Å². The van der Waals surface area contributed by atoms with E-state index < -0.39 is 0 Å². The second-order valence-electron chi connectivity index (χ2n) is 7.82. The predicted octanol–water partition coefficient (Wildman–Crippen LogP) is 5.63. The smallest absolute Gasteiger partial charge is 0.262 e. The Morgan fingerprint density at radius 2 is 1.65 bits per heavy atom. The van der Waals surface area contributed by atoms with Gasteiger partial charge in [-0.05, 0) is 56.2 Å². The van der Waals surface area contributed by atoms with Crippen molar-refractivity contribution >= 4 is 10.8 Å². The highest BCUT2D eigenvalue weighted by Crippen LogP contribution is 2.29. The van der Waals surface area contributed by atoms with E-state index in [1.807, 2.05) is 80.6 Å². The van der Waals surface area contributed by atoms with Gasteiger partial charge >= 0.3 is 0 Å². The van der Waals surface area contributed by atoms with Gasteiger partial charge < -0.3 is 4.52 Å². The van der Waals surface area contributed by atoms with Crippen molar-refractivity contribution in [2.24, 2.45) is 0 Å². The molecule has 0 unspecified atom stereocenters. The maximum atomic E-state index is 13.3. The Bertz CT molecular complexity index is 1490. The largest absolute Gasteiger partial charge is 0.334 e. The highest BCUT2D eigenvalue weighted by atomic mass is 16.5. The zero-order valence-electron chi connectivity index (χ0n) is 17.6. The molecule has 2 heterocycles. The van der Waals surface area contributed by atoms with Crippen LogP contribution in [0.15, 0.2) is 82.2 Å². The van der Waals surface area contributed by atoms with Crippen molar-refractivity contribution in [1.29, 1.82) is 0 Å². The van der Waals surface area contributed by atoms with Crippen molar-refractivity contribution in [3.8, 4) is 28.5 Å². The Labute approximate surface area is 179 Å². The molecule has 0 radical (unpaired) electrons. The number of hydrogen-bond donors (Lipinski definition) is 0. The van der Waals surface area contributed by atoms with Crippen LogP contribution in [0.3, 0.4) is 0 Å². The Morgan fingerprint density at radius 3 is 2.42 bits per heavy atom. The summed E-state index contributed by atoms with van der Waals surface area (Å²) in [6.45, 7) is 6.12. The molecule has 31 heavy (non-hydrogen) atoms. The van der Waals surface area contributed by atoms with E-state index >= 15 is 0 Å². The van der Waals surface area contributed by atoms with Crippen LogP contribution in [0.1, 0.15) is 16.7 Å². The molecule has 0 saturated carbocycles. The quantitative estimate of drug-likeness (QED) is 0.389. The molecule has 0 aliphatic heterocycles. The van der Waals surface area contributed by atoms with E-state index in [1.54, 1.807) is 10.8 Å². The van der Waals surface area contributed by atoms with E-state index in [0.717, 1.165) is 33.3 Å². The molecular weight excluding hydrogens is 386 g/mol. The minimum Gasteiger partial charge on any atom is -0.334 e. The molecule has 0 amide bonds. The molecule has 152 valence electrons. The predicted molar refractivity (Wildman–Crippen MR) is 122 cm³/mol. The van der Waals surface area contributed by atoms with Crippen molar-refractivity contribution in [3.63, 3.8) is 0 Å². The Hall–Kier alpha value is -3.99. The topological polar surface area (TPSA) is 60.9 Å². The molecule has 0 spiro atoms. The first-order valence-electron chi connectivity index (χ1n) is 10.1. The fourth-order valence-corrected chi connectivity index (χ4v) is 3.76. The van der Waals surface area contributed by atoms with Crippen molar-refractivity contribution in [1.82, 2.24) is 14.7 Å². The van der Waals surface area contributed by atoms with Crippen LogP contribution < -0.4 is 5.56 Å². The molecule has 0 bridgehead atoms. The SMILES string of the molecule is Cc1cccc(-c2noc(-c3cn(-c4ccc(C)c(C)c4)c(=O)c4ccccc34)n2)c1. The molecule has 2 aromatic heterocycles. The van der Waals surface area contributed by atoms with E-state index in [2.05, 4.69) is 17.1 Å². The summed E-state index contributed by atoms with van der Waals surface area (Å²) in [7, 11) is 0. The Balaban J connectivity index is 1.73. The van der Waals surface area contributed by atoms with E-state index in [9.17, 15) is 4.79 Å². The maximum absolute atomic E-state index is 13.3. The summed E-state index contributed by atoms with van der Waals surface area (Å²) in [5.41, 5.74) is 5.76. The zero-order valence-corrected chi connectivity index (χ0v) is 17.6. The maximum Gasteiger partial charge on any atom is 0.262 e. The third-order valence-electron chi connectivity index (χ3n) is 5.63. The summed E-state index contributed by atoms with van der Waals surface area (Å²) in [6.07, 6.45) is 1.79. The van der Waals surface area contributed by atoms with Crippen molar-refractivity contribution in [3.05, 3.63) is 100.0 Å². The summed E-state index contributed by atoms with van der Waals surface area (Å²) >= 11 is 0. The Morgan fingerprint density at radius 1 is 0.839 bits per heavy atom. The van der Waals surface area contributed by atoms with Crippen LogP contribution in [0.25, 0.3) is 39.3 Å². The fourth-order valence-electron chi connectivity index (χ4n) is 3.76. The number of aromatic nitrogens is 3. The first kappa shape index (κ1) is 19.0. The molecule has 0 aliphatic rings. The highest BCUT2D eigenvalue weighted by Gasteiger charge is 2.17. The summed E-state index contributed by atoms with van der Waals surface area (Å²) in [5.74, 6) is 0.900. The van der Waals surface area contributed by atoms with E-state index in [-0.39, 0.29) is 5.56 Å². The highest BCUT2D eigenvalue weighted by molar-refractivity contribution is 5.94. The molecule has 5 aromatic rings. The van der Waals surface area contributed by atoms with Crippen molar-refractivity contribution < 1.29 is 4.52 Å². The number of nitrogens with zero attached hydrogens (tertiary/aromatic N) is 3. The van der Waals surface area contributed by atoms with Crippen LogP contribution in [0.2, 0.25) is 0 Å². The Kier molecular flexibility index (Phi) is 4.51. The van der Waals surface area contributed by atoms with Crippen molar-refractivity contribution in [2.75, 3.05) is 0 Å². The lowest BCUT2D eigenvalue weighted by Gasteiger charge is -2.12. The number of rotatable bonds is 3. The third kappa shape index (κ3) is 3.34. The van der Waals surface area contributed by atoms with Gasteiger partial charge in [-0.1, -0.05) is 53.2 Å². The molecule has 5 rings (SSSR count). The van der Waals surface area contributed by atoms with Crippen LogP contribution in [-0.4, -0.2) is 14.7 Å². The van der Waals surface area contributed by atoms with E-state index in [0.29, 0.717) is 17.1 Å². The van der Waals surface area contributed by atoms with Gasteiger partial charge in [-0.25, -0.2) is 0 Å². The number of pyridine rings is 1. The number of hydrogen-bond acceptors (Lipinski definition) is 4. The summed E-state index contributed by atoms with van der Waals surface area (Å²) < 4.78 is 7.30. The minimum absolute atomic E-state index is 0.0824. The van der Waals surface area contributed by atoms with E-state index in [4.69, 9.17) is 4.52 Å². The first-order valence-corrected chi connectivity index (χ1v) is 10.1. The van der Waals surface area contributed by atoms with Gasteiger partial charge in [0.05, 0.1) is 5.56 Å². The molecule has 5 heteroatoms.